The number of sulfonamides is 1. The van der Waals surface area contributed by atoms with Gasteiger partial charge in [0, 0.05) is 23.0 Å². The van der Waals surface area contributed by atoms with Gasteiger partial charge in [0.25, 0.3) is 0 Å². The molecule has 0 bridgehead atoms. The number of carbonyl (C=O) groups excluding carboxylic acids is 2. The summed E-state index contributed by atoms with van der Waals surface area (Å²) >= 11 is 6.04. The highest BCUT2D eigenvalue weighted by atomic mass is 35.5. The van der Waals surface area contributed by atoms with E-state index in [1.807, 2.05) is 51.1 Å². The Bertz CT molecular complexity index is 1340. The average molecular weight is 544 g/mol. The van der Waals surface area contributed by atoms with Gasteiger partial charge >= 0.3 is 0 Å². The molecule has 0 unspecified atom stereocenters. The lowest BCUT2D eigenvalue weighted by Crippen LogP contribution is -2.53. The van der Waals surface area contributed by atoms with Gasteiger partial charge in [-0.3, -0.25) is 13.9 Å². The van der Waals surface area contributed by atoms with Crippen molar-refractivity contribution in [2.24, 2.45) is 0 Å². The summed E-state index contributed by atoms with van der Waals surface area (Å²) in [4.78, 5) is 28.5. The van der Waals surface area contributed by atoms with E-state index in [4.69, 9.17) is 11.6 Å². The van der Waals surface area contributed by atoms with Crippen LogP contribution in [0.25, 0.3) is 10.8 Å². The third-order valence-electron chi connectivity index (χ3n) is 6.37. The summed E-state index contributed by atoms with van der Waals surface area (Å²) in [6, 6.07) is 19.0. The molecule has 3 aromatic rings. The summed E-state index contributed by atoms with van der Waals surface area (Å²) in [7, 11) is -3.82. The Kier molecular flexibility index (Phi) is 9.56. The lowest BCUT2D eigenvalue weighted by atomic mass is 10.1. The predicted octanol–water partition coefficient (Wildman–Crippen LogP) is 4.98. The van der Waals surface area contributed by atoms with Gasteiger partial charge in [-0.05, 0) is 48.9 Å². The first-order valence-electron chi connectivity index (χ1n) is 12.3. The van der Waals surface area contributed by atoms with E-state index < -0.39 is 28.5 Å². The van der Waals surface area contributed by atoms with Gasteiger partial charge in [-0.25, -0.2) is 8.42 Å². The fourth-order valence-corrected chi connectivity index (χ4v) is 5.16. The maximum atomic E-state index is 13.9. The Hall–Kier alpha value is -3.10. The van der Waals surface area contributed by atoms with Crippen LogP contribution < -0.4 is 9.62 Å². The van der Waals surface area contributed by atoms with E-state index in [1.165, 1.54) is 4.90 Å². The molecule has 0 saturated heterocycles. The molecular weight excluding hydrogens is 510 g/mol. The van der Waals surface area contributed by atoms with E-state index in [0.717, 1.165) is 27.9 Å². The number of anilines is 1. The standard InChI is InChI=1S/C28H34ClN3O4S/c1-5-20(3)30-28(34)25(6-2)31(18-21-14-16-23(29)17-15-21)27(33)19-32(37(4,35)36)26-13-9-11-22-10-7-8-12-24(22)26/h7-17,20,25H,5-6,18-19H2,1-4H3,(H,30,34)/t20-,25+/m0/s1. The van der Waals surface area contributed by atoms with Crippen LogP contribution in [-0.4, -0.2) is 50.0 Å². The molecular formula is C28H34ClN3O4S. The first kappa shape index (κ1) is 28.5. The fourth-order valence-electron chi connectivity index (χ4n) is 4.17. The second-order valence-electron chi connectivity index (χ2n) is 9.16. The van der Waals surface area contributed by atoms with Crippen molar-refractivity contribution < 1.29 is 18.0 Å². The molecule has 0 aliphatic carbocycles. The van der Waals surface area contributed by atoms with E-state index in [2.05, 4.69) is 5.32 Å². The van der Waals surface area contributed by atoms with Gasteiger partial charge in [-0.2, -0.15) is 0 Å². The third kappa shape index (κ3) is 7.23. The van der Waals surface area contributed by atoms with Crippen LogP contribution in [0, 0.1) is 0 Å². The van der Waals surface area contributed by atoms with Gasteiger partial charge in [0.05, 0.1) is 11.9 Å². The molecule has 0 aliphatic rings. The molecule has 9 heteroatoms. The molecule has 0 aliphatic heterocycles. The summed E-state index contributed by atoms with van der Waals surface area (Å²) in [5.74, 6) is -0.741. The van der Waals surface area contributed by atoms with Crippen molar-refractivity contribution in [2.75, 3.05) is 17.1 Å². The number of carbonyl (C=O) groups is 2. The van der Waals surface area contributed by atoms with Crippen molar-refractivity contribution in [3.63, 3.8) is 0 Å². The fraction of sp³-hybridized carbons (Fsp3) is 0.357. The maximum absolute atomic E-state index is 13.9. The monoisotopic (exact) mass is 543 g/mol. The summed E-state index contributed by atoms with van der Waals surface area (Å²) in [5, 5.41) is 5.10. The second kappa shape index (κ2) is 12.4. The van der Waals surface area contributed by atoms with Gasteiger partial charge in [0.15, 0.2) is 0 Å². The topological polar surface area (TPSA) is 86.8 Å². The third-order valence-corrected chi connectivity index (χ3v) is 7.75. The van der Waals surface area contributed by atoms with Crippen LogP contribution in [0.15, 0.2) is 66.7 Å². The lowest BCUT2D eigenvalue weighted by molar-refractivity contribution is -0.140. The van der Waals surface area contributed by atoms with Crippen molar-refractivity contribution in [3.05, 3.63) is 77.3 Å². The molecule has 2 atom stereocenters. The largest absolute Gasteiger partial charge is 0.352 e. The molecule has 7 nitrogen and oxygen atoms in total. The maximum Gasteiger partial charge on any atom is 0.244 e. The first-order chi connectivity index (χ1) is 17.5. The number of benzene rings is 3. The lowest BCUT2D eigenvalue weighted by Gasteiger charge is -2.33. The Morgan fingerprint density at radius 2 is 1.59 bits per heavy atom. The molecule has 0 radical (unpaired) electrons. The Labute approximate surface area is 224 Å². The zero-order chi connectivity index (χ0) is 27.2. The van der Waals surface area contributed by atoms with E-state index in [9.17, 15) is 18.0 Å². The minimum Gasteiger partial charge on any atom is -0.352 e. The molecule has 37 heavy (non-hydrogen) atoms. The second-order valence-corrected chi connectivity index (χ2v) is 11.5. The Morgan fingerprint density at radius 3 is 2.22 bits per heavy atom. The van der Waals surface area contributed by atoms with Crippen molar-refractivity contribution in [1.29, 1.82) is 0 Å². The molecule has 0 spiro atoms. The predicted molar refractivity (Wildman–Crippen MR) is 150 cm³/mol. The molecule has 2 amide bonds. The molecule has 0 heterocycles. The van der Waals surface area contributed by atoms with Gasteiger partial charge in [-0.15, -0.1) is 0 Å². The van der Waals surface area contributed by atoms with E-state index in [1.54, 1.807) is 36.4 Å². The smallest absolute Gasteiger partial charge is 0.244 e. The van der Waals surface area contributed by atoms with Crippen molar-refractivity contribution in [1.82, 2.24) is 10.2 Å². The zero-order valence-corrected chi connectivity index (χ0v) is 23.2. The number of nitrogens with zero attached hydrogens (tertiary/aromatic N) is 2. The molecule has 0 fully saturated rings. The summed E-state index contributed by atoms with van der Waals surface area (Å²) < 4.78 is 27.0. The number of amides is 2. The molecule has 3 aromatic carbocycles. The van der Waals surface area contributed by atoms with Crippen LogP contribution in [0.5, 0.6) is 0 Å². The zero-order valence-electron chi connectivity index (χ0n) is 21.6. The van der Waals surface area contributed by atoms with Crippen LogP contribution in [-0.2, 0) is 26.2 Å². The minimum atomic E-state index is -3.82. The molecule has 0 saturated carbocycles. The number of nitrogens with one attached hydrogen (secondary N) is 1. The highest BCUT2D eigenvalue weighted by molar-refractivity contribution is 7.92. The average Bonchev–Trinajstić information content (AvgIpc) is 2.87. The Morgan fingerprint density at radius 1 is 0.946 bits per heavy atom. The van der Waals surface area contributed by atoms with Crippen molar-refractivity contribution in [3.8, 4) is 0 Å². The van der Waals surface area contributed by atoms with Gasteiger partial charge < -0.3 is 10.2 Å². The number of rotatable bonds is 11. The normalized spacial score (nSPS) is 13.1. The van der Waals surface area contributed by atoms with Gasteiger partial charge in [0.1, 0.15) is 12.6 Å². The van der Waals surface area contributed by atoms with E-state index >= 15 is 0 Å². The van der Waals surface area contributed by atoms with Crippen molar-refractivity contribution in [2.45, 2.75) is 52.2 Å². The Balaban J connectivity index is 2.01. The summed E-state index contributed by atoms with van der Waals surface area (Å²) in [6.07, 6.45) is 2.20. The van der Waals surface area contributed by atoms with Crippen molar-refractivity contribution >= 4 is 49.9 Å². The van der Waals surface area contributed by atoms with Crippen LogP contribution in [0.1, 0.15) is 39.2 Å². The highest BCUT2D eigenvalue weighted by Gasteiger charge is 2.32. The quantitative estimate of drug-likeness (QED) is 0.369. The van der Waals surface area contributed by atoms with Crippen LogP contribution >= 0.6 is 11.6 Å². The summed E-state index contributed by atoms with van der Waals surface area (Å²) in [6.45, 7) is 5.41. The molecule has 3 rings (SSSR count). The number of hydrogen-bond acceptors (Lipinski definition) is 4. The van der Waals surface area contributed by atoms with Gasteiger partial charge in [0.2, 0.25) is 21.8 Å². The molecule has 0 aromatic heterocycles. The number of hydrogen-bond donors (Lipinski definition) is 1. The number of fused-ring (bicyclic) bond motifs is 1. The van der Waals surface area contributed by atoms with Crippen LogP contribution in [0.4, 0.5) is 5.69 Å². The SMILES string of the molecule is CC[C@H](C(=O)N[C@@H](C)CC)N(Cc1ccc(Cl)cc1)C(=O)CN(c1cccc2ccccc12)S(C)(=O)=O. The van der Waals surface area contributed by atoms with Crippen LogP contribution in [0.3, 0.4) is 0 Å². The first-order valence-corrected chi connectivity index (χ1v) is 14.6. The molecule has 1 N–H and O–H groups in total. The van der Waals surface area contributed by atoms with E-state index in [0.29, 0.717) is 22.5 Å². The number of halogens is 1. The van der Waals surface area contributed by atoms with Gasteiger partial charge in [-0.1, -0.05) is 74.0 Å². The highest BCUT2D eigenvalue weighted by Crippen LogP contribution is 2.29. The molecule has 198 valence electrons. The minimum absolute atomic E-state index is 0.0581. The van der Waals surface area contributed by atoms with Crippen LogP contribution in [0.2, 0.25) is 5.02 Å². The van der Waals surface area contributed by atoms with E-state index in [-0.39, 0.29) is 18.5 Å². The summed E-state index contributed by atoms with van der Waals surface area (Å²) in [5.41, 5.74) is 1.20.